The summed E-state index contributed by atoms with van der Waals surface area (Å²) in [5, 5.41) is 10.1. The van der Waals surface area contributed by atoms with E-state index in [0.29, 0.717) is 25.3 Å². The third-order valence-corrected chi connectivity index (χ3v) is 4.48. The fourth-order valence-electron chi connectivity index (χ4n) is 2.35. The van der Waals surface area contributed by atoms with Crippen LogP contribution in [0.2, 0.25) is 0 Å². The van der Waals surface area contributed by atoms with Gasteiger partial charge in [-0.2, -0.15) is 9.36 Å². The van der Waals surface area contributed by atoms with E-state index in [-0.39, 0.29) is 0 Å². The van der Waals surface area contributed by atoms with Crippen LogP contribution in [0.25, 0.3) is 11.4 Å². The van der Waals surface area contributed by atoms with Crippen LogP contribution in [-0.4, -0.2) is 33.5 Å². The summed E-state index contributed by atoms with van der Waals surface area (Å²) < 4.78 is 4.37. The Morgan fingerprint density at radius 2 is 2.15 bits per heavy atom. The first kappa shape index (κ1) is 13.1. The Morgan fingerprint density at radius 1 is 1.40 bits per heavy atom. The summed E-state index contributed by atoms with van der Waals surface area (Å²) in [6.45, 7) is 2.99. The van der Waals surface area contributed by atoms with E-state index in [9.17, 15) is 9.90 Å². The fraction of sp³-hybridized carbons (Fsp3) is 0.357. The number of anilines is 1. The molecule has 0 saturated carbocycles. The molecule has 0 spiro atoms. The molecule has 1 unspecified atom stereocenters. The van der Waals surface area contributed by atoms with Gasteiger partial charge in [-0.15, -0.1) is 0 Å². The molecule has 2 aromatic rings. The molecule has 20 heavy (non-hydrogen) atoms. The van der Waals surface area contributed by atoms with Gasteiger partial charge in [0.25, 0.3) is 0 Å². The summed E-state index contributed by atoms with van der Waals surface area (Å²) in [5.74, 6) is -0.0395. The number of carboxylic acids is 1. The lowest BCUT2D eigenvalue weighted by Gasteiger charge is -2.18. The van der Waals surface area contributed by atoms with E-state index in [2.05, 4.69) is 9.36 Å². The molecular weight excluding hydrogens is 274 g/mol. The zero-order chi connectivity index (χ0) is 14.2. The Kier molecular flexibility index (Phi) is 3.17. The molecule has 0 bridgehead atoms. The van der Waals surface area contributed by atoms with Crippen LogP contribution in [0.3, 0.4) is 0 Å². The number of benzene rings is 1. The second-order valence-corrected chi connectivity index (χ2v) is 6.03. The monoisotopic (exact) mass is 289 g/mol. The van der Waals surface area contributed by atoms with Crippen molar-refractivity contribution in [2.24, 2.45) is 5.41 Å². The van der Waals surface area contributed by atoms with E-state index < -0.39 is 11.4 Å². The number of hydrogen-bond donors (Lipinski definition) is 1. The summed E-state index contributed by atoms with van der Waals surface area (Å²) in [4.78, 5) is 17.8. The van der Waals surface area contributed by atoms with Crippen molar-refractivity contribution in [3.63, 3.8) is 0 Å². The van der Waals surface area contributed by atoms with Crippen molar-refractivity contribution < 1.29 is 9.90 Å². The van der Waals surface area contributed by atoms with Gasteiger partial charge in [0.15, 0.2) is 5.82 Å². The topological polar surface area (TPSA) is 66.3 Å². The lowest BCUT2D eigenvalue weighted by Crippen LogP contribution is -2.31. The number of aromatic nitrogens is 2. The molecule has 1 aromatic heterocycles. The average molecular weight is 289 g/mol. The highest BCUT2D eigenvalue weighted by atomic mass is 32.1. The average Bonchev–Trinajstić information content (AvgIpc) is 3.07. The molecule has 0 aliphatic carbocycles. The van der Waals surface area contributed by atoms with Crippen LogP contribution >= 0.6 is 11.5 Å². The Morgan fingerprint density at radius 3 is 2.80 bits per heavy atom. The van der Waals surface area contributed by atoms with Gasteiger partial charge in [0.2, 0.25) is 5.13 Å². The van der Waals surface area contributed by atoms with Gasteiger partial charge in [-0.25, -0.2) is 0 Å². The Labute approximate surface area is 121 Å². The molecule has 2 heterocycles. The molecule has 1 aromatic carbocycles. The van der Waals surface area contributed by atoms with E-state index in [0.717, 1.165) is 10.7 Å². The Balaban J connectivity index is 1.80. The minimum absolute atomic E-state index is 0.492. The first-order chi connectivity index (χ1) is 9.58. The van der Waals surface area contributed by atoms with Crippen LogP contribution in [0.1, 0.15) is 13.3 Å². The number of nitrogens with zero attached hydrogens (tertiary/aromatic N) is 3. The van der Waals surface area contributed by atoms with Gasteiger partial charge in [0.1, 0.15) is 0 Å². The maximum Gasteiger partial charge on any atom is 0.311 e. The number of carbonyl (C=O) groups is 1. The van der Waals surface area contributed by atoms with E-state index in [1.54, 1.807) is 6.92 Å². The first-order valence-electron chi connectivity index (χ1n) is 6.46. The van der Waals surface area contributed by atoms with E-state index in [4.69, 9.17) is 0 Å². The van der Waals surface area contributed by atoms with Gasteiger partial charge in [0, 0.05) is 30.2 Å². The minimum atomic E-state index is -0.743. The third-order valence-electron chi connectivity index (χ3n) is 3.71. The quantitative estimate of drug-likeness (QED) is 0.940. The van der Waals surface area contributed by atoms with Gasteiger partial charge in [-0.1, -0.05) is 30.3 Å². The minimum Gasteiger partial charge on any atom is -0.481 e. The van der Waals surface area contributed by atoms with Crippen LogP contribution in [0, 0.1) is 5.41 Å². The van der Waals surface area contributed by atoms with Gasteiger partial charge >= 0.3 is 5.97 Å². The van der Waals surface area contributed by atoms with Crippen molar-refractivity contribution in [2.75, 3.05) is 18.0 Å². The molecule has 1 atom stereocenters. The largest absolute Gasteiger partial charge is 0.481 e. The van der Waals surface area contributed by atoms with Crippen LogP contribution in [0.4, 0.5) is 5.13 Å². The summed E-state index contributed by atoms with van der Waals surface area (Å²) >= 11 is 1.33. The number of rotatable bonds is 3. The van der Waals surface area contributed by atoms with Gasteiger partial charge in [-0.05, 0) is 13.3 Å². The van der Waals surface area contributed by atoms with Crippen molar-refractivity contribution in [1.82, 2.24) is 9.36 Å². The predicted octanol–water partition coefficient (Wildman–Crippen LogP) is 2.51. The van der Waals surface area contributed by atoms with Gasteiger partial charge < -0.3 is 10.0 Å². The molecule has 1 N–H and O–H groups in total. The summed E-state index contributed by atoms with van der Waals surface area (Å²) in [6.07, 6.45) is 0.641. The van der Waals surface area contributed by atoms with E-state index >= 15 is 0 Å². The SMILES string of the molecule is CC1(C(=O)O)CCN(c2nc(-c3ccccc3)ns2)C1. The maximum absolute atomic E-state index is 11.3. The third kappa shape index (κ3) is 2.27. The highest BCUT2D eigenvalue weighted by Gasteiger charge is 2.41. The fourth-order valence-corrected chi connectivity index (χ4v) is 3.06. The maximum atomic E-state index is 11.3. The number of carboxylic acid groups (broad SMARTS) is 1. The summed E-state index contributed by atoms with van der Waals surface area (Å²) in [7, 11) is 0. The Bertz CT molecular complexity index is 628. The molecule has 1 fully saturated rings. The van der Waals surface area contributed by atoms with E-state index in [1.165, 1.54) is 11.5 Å². The normalized spacial score (nSPS) is 22.1. The van der Waals surface area contributed by atoms with Crippen LogP contribution in [0.15, 0.2) is 30.3 Å². The van der Waals surface area contributed by atoms with Crippen LogP contribution < -0.4 is 4.90 Å². The standard InChI is InChI=1S/C14H15N3O2S/c1-14(12(18)19)7-8-17(9-14)13-15-11(16-20-13)10-5-3-2-4-6-10/h2-6H,7-9H2,1H3,(H,18,19). The second kappa shape index (κ2) is 4.86. The molecule has 3 rings (SSSR count). The Hall–Kier alpha value is -1.95. The van der Waals surface area contributed by atoms with Crippen molar-refractivity contribution >= 4 is 22.6 Å². The molecule has 104 valence electrons. The zero-order valence-electron chi connectivity index (χ0n) is 11.1. The molecule has 1 aliphatic rings. The lowest BCUT2D eigenvalue weighted by atomic mass is 9.90. The summed E-state index contributed by atoms with van der Waals surface area (Å²) in [5.41, 5.74) is 0.300. The van der Waals surface area contributed by atoms with Crippen LogP contribution in [0.5, 0.6) is 0 Å². The zero-order valence-corrected chi connectivity index (χ0v) is 11.9. The van der Waals surface area contributed by atoms with Crippen molar-refractivity contribution in [3.05, 3.63) is 30.3 Å². The van der Waals surface area contributed by atoms with Gasteiger partial charge in [0.05, 0.1) is 5.41 Å². The van der Waals surface area contributed by atoms with E-state index in [1.807, 2.05) is 35.2 Å². The van der Waals surface area contributed by atoms with Crippen molar-refractivity contribution in [2.45, 2.75) is 13.3 Å². The van der Waals surface area contributed by atoms with Crippen molar-refractivity contribution in [3.8, 4) is 11.4 Å². The number of aliphatic carboxylic acids is 1. The molecule has 5 nitrogen and oxygen atoms in total. The van der Waals surface area contributed by atoms with Gasteiger partial charge in [-0.3, -0.25) is 4.79 Å². The molecule has 0 amide bonds. The predicted molar refractivity (Wildman–Crippen MR) is 77.9 cm³/mol. The smallest absolute Gasteiger partial charge is 0.311 e. The molecule has 6 heteroatoms. The molecule has 1 aliphatic heterocycles. The summed E-state index contributed by atoms with van der Waals surface area (Å²) in [6, 6.07) is 9.80. The lowest BCUT2D eigenvalue weighted by molar-refractivity contribution is -0.146. The number of hydrogen-bond acceptors (Lipinski definition) is 5. The molecule has 1 saturated heterocycles. The highest BCUT2D eigenvalue weighted by molar-refractivity contribution is 7.09. The molecule has 0 radical (unpaired) electrons. The molecular formula is C14H15N3O2S. The van der Waals surface area contributed by atoms with Crippen LogP contribution in [-0.2, 0) is 4.79 Å². The highest BCUT2D eigenvalue weighted by Crippen LogP contribution is 2.35. The van der Waals surface area contributed by atoms with Crippen molar-refractivity contribution in [1.29, 1.82) is 0 Å². The second-order valence-electron chi connectivity index (χ2n) is 5.30. The first-order valence-corrected chi connectivity index (χ1v) is 7.23.